The van der Waals surface area contributed by atoms with E-state index in [1.807, 2.05) is 30.3 Å². The Morgan fingerprint density at radius 3 is 2.10 bits per heavy atom. The number of carbonyl (C=O) groups is 3. The summed E-state index contributed by atoms with van der Waals surface area (Å²) >= 11 is 0. The molecule has 2 aliphatic heterocycles. The molecule has 30 heavy (non-hydrogen) atoms. The summed E-state index contributed by atoms with van der Waals surface area (Å²) < 4.78 is 5.48. The Morgan fingerprint density at radius 2 is 1.47 bits per heavy atom. The highest BCUT2D eigenvalue weighted by atomic mass is 16.5. The van der Waals surface area contributed by atoms with Crippen LogP contribution in [0, 0.1) is 0 Å². The SMILES string of the molecule is O=C(CC(CN1C(=O)c2ccccc2C1=O)N1CCCCC1)OCc1ccccc1. The predicted octanol–water partition coefficient (Wildman–Crippen LogP) is 3.27. The quantitative estimate of drug-likeness (QED) is 0.522. The van der Waals surface area contributed by atoms with Crippen molar-refractivity contribution in [3.8, 4) is 0 Å². The number of carbonyl (C=O) groups excluding carboxylic acids is 3. The highest BCUT2D eigenvalue weighted by molar-refractivity contribution is 6.21. The Balaban J connectivity index is 1.44. The Hall–Kier alpha value is -2.99. The zero-order valence-electron chi connectivity index (χ0n) is 17.0. The molecule has 0 saturated carbocycles. The Morgan fingerprint density at radius 1 is 0.867 bits per heavy atom. The van der Waals surface area contributed by atoms with E-state index >= 15 is 0 Å². The molecule has 2 aliphatic rings. The van der Waals surface area contributed by atoms with Crippen molar-refractivity contribution in [1.82, 2.24) is 9.80 Å². The second kappa shape index (κ2) is 9.22. The van der Waals surface area contributed by atoms with Crippen molar-refractivity contribution >= 4 is 17.8 Å². The van der Waals surface area contributed by atoms with E-state index in [1.165, 1.54) is 4.90 Å². The maximum absolute atomic E-state index is 12.8. The number of imide groups is 1. The van der Waals surface area contributed by atoms with Crippen molar-refractivity contribution < 1.29 is 19.1 Å². The van der Waals surface area contributed by atoms with E-state index in [0.29, 0.717) is 11.1 Å². The van der Waals surface area contributed by atoms with Crippen LogP contribution in [0.25, 0.3) is 0 Å². The number of amides is 2. The number of hydrogen-bond donors (Lipinski definition) is 0. The van der Waals surface area contributed by atoms with Gasteiger partial charge in [0.2, 0.25) is 0 Å². The summed E-state index contributed by atoms with van der Waals surface area (Å²) in [6.45, 7) is 2.14. The lowest BCUT2D eigenvalue weighted by Crippen LogP contribution is -2.48. The van der Waals surface area contributed by atoms with Crippen molar-refractivity contribution in [3.63, 3.8) is 0 Å². The summed E-state index contributed by atoms with van der Waals surface area (Å²) in [4.78, 5) is 41.7. The second-order valence-electron chi connectivity index (χ2n) is 7.87. The normalized spacial score (nSPS) is 17.7. The first-order chi connectivity index (χ1) is 14.6. The van der Waals surface area contributed by atoms with E-state index in [9.17, 15) is 14.4 Å². The third-order valence-corrected chi connectivity index (χ3v) is 5.82. The molecule has 1 fully saturated rings. The number of likely N-dealkylation sites (tertiary alicyclic amines) is 1. The molecule has 156 valence electrons. The van der Waals surface area contributed by atoms with Gasteiger partial charge in [0.25, 0.3) is 11.8 Å². The minimum Gasteiger partial charge on any atom is -0.461 e. The van der Waals surface area contributed by atoms with Gasteiger partial charge in [-0.3, -0.25) is 24.2 Å². The van der Waals surface area contributed by atoms with E-state index in [4.69, 9.17) is 4.74 Å². The van der Waals surface area contributed by atoms with Gasteiger partial charge in [-0.05, 0) is 43.6 Å². The Labute approximate surface area is 176 Å². The molecule has 6 nitrogen and oxygen atoms in total. The zero-order valence-corrected chi connectivity index (χ0v) is 17.0. The molecule has 0 radical (unpaired) electrons. The first-order valence-electron chi connectivity index (χ1n) is 10.5. The summed E-state index contributed by atoms with van der Waals surface area (Å²) in [6, 6.07) is 16.2. The van der Waals surface area contributed by atoms with E-state index in [1.54, 1.807) is 24.3 Å². The van der Waals surface area contributed by atoms with Crippen LogP contribution in [-0.2, 0) is 16.1 Å². The Bertz CT molecular complexity index is 887. The fraction of sp³-hybridized carbons (Fsp3) is 0.375. The largest absolute Gasteiger partial charge is 0.461 e. The number of rotatable bonds is 7. The molecule has 0 aromatic heterocycles. The van der Waals surface area contributed by atoms with Gasteiger partial charge in [-0.2, -0.15) is 0 Å². The molecule has 2 aromatic carbocycles. The highest BCUT2D eigenvalue weighted by Crippen LogP contribution is 2.25. The third kappa shape index (κ3) is 4.44. The van der Waals surface area contributed by atoms with Crippen molar-refractivity contribution in [1.29, 1.82) is 0 Å². The summed E-state index contributed by atoms with van der Waals surface area (Å²) in [5.41, 5.74) is 1.80. The van der Waals surface area contributed by atoms with Crippen molar-refractivity contribution in [2.24, 2.45) is 0 Å². The number of esters is 1. The average Bonchev–Trinajstić information content (AvgIpc) is 3.03. The maximum Gasteiger partial charge on any atom is 0.307 e. The zero-order chi connectivity index (χ0) is 20.9. The van der Waals surface area contributed by atoms with Gasteiger partial charge in [-0.15, -0.1) is 0 Å². The molecular formula is C24H26N2O4. The smallest absolute Gasteiger partial charge is 0.307 e. The van der Waals surface area contributed by atoms with Crippen LogP contribution in [0.2, 0.25) is 0 Å². The number of hydrogen-bond acceptors (Lipinski definition) is 5. The molecule has 2 aromatic rings. The van der Waals surface area contributed by atoms with Crippen LogP contribution >= 0.6 is 0 Å². The molecule has 0 bridgehead atoms. The van der Waals surface area contributed by atoms with Crippen LogP contribution in [0.15, 0.2) is 54.6 Å². The maximum atomic E-state index is 12.8. The summed E-state index contributed by atoms with van der Waals surface area (Å²) in [6.07, 6.45) is 3.42. The molecular weight excluding hydrogens is 380 g/mol. The molecule has 2 heterocycles. The van der Waals surface area contributed by atoms with Gasteiger partial charge in [0.05, 0.1) is 17.5 Å². The van der Waals surface area contributed by atoms with Crippen LogP contribution in [-0.4, -0.2) is 53.3 Å². The monoisotopic (exact) mass is 406 g/mol. The van der Waals surface area contributed by atoms with Gasteiger partial charge < -0.3 is 4.74 Å². The number of piperidine rings is 1. The van der Waals surface area contributed by atoms with Gasteiger partial charge in [0, 0.05) is 12.6 Å². The fourth-order valence-corrected chi connectivity index (χ4v) is 4.20. The van der Waals surface area contributed by atoms with Crippen LogP contribution in [0.1, 0.15) is 52.0 Å². The summed E-state index contributed by atoms with van der Waals surface area (Å²) in [5, 5.41) is 0. The molecule has 4 rings (SSSR count). The van der Waals surface area contributed by atoms with Gasteiger partial charge in [0.15, 0.2) is 0 Å². The lowest BCUT2D eigenvalue weighted by molar-refractivity contribution is -0.146. The van der Waals surface area contributed by atoms with E-state index in [-0.39, 0.29) is 43.4 Å². The van der Waals surface area contributed by atoms with Gasteiger partial charge >= 0.3 is 5.97 Å². The second-order valence-corrected chi connectivity index (χ2v) is 7.87. The van der Waals surface area contributed by atoms with E-state index < -0.39 is 0 Å². The van der Waals surface area contributed by atoms with Gasteiger partial charge in [0.1, 0.15) is 6.61 Å². The minimum atomic E-state index is -0.314. The third-order valence-electron chi connectivity index (χ3n) is 5.82. The summed E-state index contributed by atoms with van der Waals surface area (Å²) in [7, 11) is 0. The molecule has 1 unspecified atom stereocenters. The fourth-order valence-electron chi connectivity index (χ4n) is 4.20. The van der Waals surface area contributed by atoms with Gasteiger partial charge in [-0.25, -0.2) is 0 Å². The van der Waals surface area contributed by atoms with E-state index in [0.717, 1.165) is 37.9 Å². The van der Waals surface area contributed by atoms with Crippen LogP contribution in [0.4, 0.5) is 0 Å². The molecule has 6 heteroatoms. The summed E-state index contributed by atoms with van der Waals surface area (Å²) in [5.74, 6) is -0.878. The number of ether oxygens (including phenoxy) is 1. The predicted molar refractivity (Wildman–Crippen MR) is 112 cm³/mol. The van der Waals surface area contributed by atoms with Crippen LogP contribution < -0.4 is 0 Å². The molecule has 2 amide bonds. The number of benzene rings is 2. The molecule has 0 aliphatic carbocycles. The number of fused-ring (bicyclic) bond motifs is 1. The minimum absolute atomic E-state index is 0.153. The van der Waals surface area contributed by atoms with E-state index in [2.05, 4.69) is 4.90 Å². The first kappa shape index (κ1) is 20.3. The lowest BCUT2D eigenvalue weighted by Gasteiger charge is -2.35. The standard InChI is InChI=1S/C24H26N2O4/c27-22(30-17-18-9-3-1-4-10-18)15-19(25-13-7-2-8-14-25)16-26-23(28)20-11-5-6-12-21(20)24(26)29/h1,3-6,9-12,19H,2,7-8,13-17H2. The Kier molecular flexibility index (Phi) is 6.23. The molecule has 1 atom stereocenters. The first-order valence-corrected chi connectivity index (χ1v) is 10.5. The highest BCUT2D eigenvalue weighted by Gasteiger charge is 2.38. The lowest BCUT2D eigenvalue weighted by atomic mass is 10.1. The molecule has 0 spiro atoms. The van der Waals surface area contributed by atoms with Crippen molar-refractivity contribution in [3.05, 3.63) is 71.3 Å². The average molecular weight is 406 g/mol. The molecule has 0 N–H and O–H groups in total. The number of nitrogens with zero attached hydrogens (tertiary/aromatic N) is 2. The van der Waals surface area contributed by atoms with Crippen molar-refractivity contribution in [2.75, 3.05) is 19.6 Å². The van der Waals surface area contributed by atoms with Crippen LogP contribution in [0.5, 0.6) is 0 Å². The topological polar surface area (TPSA) is 66.9 Å². The van der Waals surface area contributed by atoms with Crippen LogP contribution in [0.3, 0.4) is 0 Å². The van der Waals surface area contributed by atoms with Crippen molar-refractivity contribution in [2.45, 2.75) is 38.3 Å². The molecule has 1 saturated heterocycles. The van der Waals surface area contributed by atoms with Gasteiger partial charge in [-0.1, -0.05) is 48.9 Å².